The molecular weight excluding hydrogens is 334 g/mol. The third kappa shape index (κ3) is 4.09. The number of nitrogens with zero attached hydrogens (tertiary/aromatic N) is 2. The van der Waals surface area contributed by atoms with Crippen LogP contribution in [0.3, 0.4) is 0 Å². The Balaban J connectivity index is 1.62. The van der Waals surface area contributed by atoms with Crippen LogP contribution in [-0.2, 0) is 4.79 Å². The van der Waals surface area contributed by atoms with Gasteiger partial charge in [-0.15, -0.1) is 0 Å². The molecule has 2 saturated heterocycles. The van der Waals surface area contributed by atoms with Crippen molar-refractivity contribution in [1.29, 1.82) is 0 Å². The fraction of sp³-hybridized carbons (Fsp3) is 0.579. The van der Waals surface area contributed by atoms with Crippen LogP contribution in [0.1, 0.15) is 32.1 Å². The Hall–Kier alpha value is -2.28. The van der Waals surface area contributed by atoms with Gasteiger partial charge in [-0.1, -0.05) is 6.07 Å². The smallest absolute Gasteiger partial charge is 0.317 e. The number of piperidine rings is 1. The number of likely N-dealkylation sites (tertiary alicyclic amines) is 1. The average molecular weight is 361 g/mol. The van der Waals surface area contributed by atoms with Gasteiger partial charge < -0.3 is 25.0 Å². The zero-order valence-corrected chi connectivity index (χ0v) is 15.2. The van der Waals surface area contributed by atoms with Crippen molar-refractivity contribution in [2.24, 2.45) is 0 Å². The summed E-state index contributed by atoms with van der Waals surface area (Å²) >= 11 is 0. The molecule has 2 N–H and O–H groups in total. The summed E-state index contributed by atoms with van der Waals surface area (Å²) < 4.78 is 5.22. The summed E-state index contributed by atoms with van der Waals surface area (Å²) in [5, 5.41) is 12.2. The number of nitrogens with one attached hydrogen (secondary N) is 1. The van der Waals surface area contributed by atoms with E-state index in [4.69, 9.17) is 4.74 Å². The lowest BCUT2D eigenvalue weighted by atomic mass is 10.00. The lowest BCUT2D eigenvalue weighted by molar-refractivity contribution is -0.117. The van der Waals surface area contributed by atoms with E-state index in [1.165, 1.54) is 0 Å². The standard InChI is InChI=1S/C19H27N3O4/c1-26-17-7-4-6-16(12-17)22-13-14(11-18(22)24)20-19(25)21-9-3-2-5-15(21)8-10-23/h4,6-7,12,14-15,23H,2-3,5,8-11,13H2,1H3,(H,20,25)/t14-,15+/m1/s1. The van der Waals surface area contributed by atoms with Crippen LogP contribution in [0.2, 0.25) is 0 Å². The van der Waals surface area contributed by atoms with Gasteiger partial charge in [0.05, 0.1) is 13.2 Å². The van der Waals surface area contributed by atoms with Crippen LogP contribution in [0.15, 0.2) is 24.3 Å². The Bertz CT molecular complexity index is 649. The Morgan fingerprint density at radius 1 is 1.38 bits per heavy atom. The van der Waals surface area contributed by atoms with Gasteiger partial charge in [0.15, 0.2) is 0 Å². The number of benzene rings is 1. The molecule has 3 rings (SSSR count). The molecule has 2 aliphatic rings. The maximum absolute atomic E-state index is 12.7. The summed E-state index contributed by atoms with van der Waals surface area (Å²) in [6.45, 7) is 1.24. The number of carbonyl (C=O) groups excluding carboxylic acids is 2. The number of carbonyl (C=O) groups is 2. The summed E-state index contributed by atoms with van der Waals surface area (Å²) in [6, 6.07) is 7.12. The van der Waals surface area contributed by atoms with E-state index in [2.05, 4.69) is 5.32 Å². The fourth-order valence-electron chi connectivity index (χ4n) is 3.81. The minimum absolute atomic E-state index is 0.00546. The Morgan fingerprint density at radius 3 is 3.00 bits per heavy atom. The molecule has 1 aromatic rings. The van der Waals surface area contributed by atoms with Crippen LogP contribution in [0.4, 0.5) is 10.5 Å². The molecule has 142 valence electrons. The number of aliphatic hydroxyl groups excluding tert-OH is 1. The molecule has 3 amide bonds. The van der Waals surface area contributed by atoms with Crippen molar-refractivity contribution in [3.8, 4) is 5.75 Å². The number of aliphatic hydroxyl groups is 1. The van der Waals surface area contributed by atoms with Crippen molar-refractivity contribution in [2.75, 3.05) is 31.7 Å². The van der Waals surface area contributed by atoms with Crippen molar-refractivity contribution in [3.05, 3.63) is 24.3 Å². The maximum atomic E-state index is 12.7. The molecule has 0 bridgehead atoms. The van der Waals surface area contributed by atoms with E-state index < -0.39 is 0 Å². The van der Waals surface area contributed by atoms with Gasteiger partial charge in [-0.05, 0) is 37.8 Å². The number of hydrogen-bond donors (Lipinski definition) is 2. The van der Waals surface area contributed by atoms with Crippen LogP contribution < -0.4 is 15.0 Å². The van der Waals surface area contributed by atoms with Crippen molar-refractivity contribution >= 4 is 17.6 Å². The van der Waals surface area contributed by atoms with Gasteiger partial charge in [-0.3, -0.25) is 4.79 Å². The topological polar surface area (TPSA) is 82.1 Å². The first-order valence-electron chi connectivity index (χ1n) is 9.24. The number of ether oxygens (including phenoxy) is 1. The minimum Gasteiger partial charge on any atom is -0.497 e. The monoisotopic (exact) mass is 361 g/mol. The number of hydrogen-bond acceptors (Lipinski definition) is 4. The summed E-state index contributed by atoms with van der Waals surface area (Å²) in [6.07, 6.45) is 3.89. The number of urea groups is 1. The van der Waals surface area contributed by atoms with E-state index >= 15 is 0 Å². The van der Waals surface area contributed by atoms with Gasteiger partial charge >= 0.3 is 6.03 Å². The molecule has 2 fully saturated rings. The van der Waals surface area contributed by atoms with Crippen LogP contribution >= 0.6 is 0 Å². The van der Waals surface area contributed by atoms with E-state index in [-0.39, 0.29) is 30.6 Å². The number of methoxy groups -OCH3 is 1. The minimum atomic E-state index is -0.210. The molecule has 0 spiro atoms. The molecular formula is C19H27N3O4. The van der Waals surface area contributed by atoms with Gasteiger partial charge in [-0.25, -0.2) is 4.79 Å². The largest absolute Gasteiger partial charge is 0.497 e. The van der Waals surface area contributed by atoms with Crippen LogP contribution in [0.25, 0.3) is 0 Å². The van der Waals surface area contributed by atoms with Crippen LogP contribution in [0.5, 0.6) is 5.75 Å². The highest BCUT2D eigenvalue weighted by Crippen LogP contribution is 2.26. The molecule has 2 atom stereocenters. The fourth-order valence-corrected chi connectivity index (χ4v) is 3.81. The maximum Gasteiger partial charge on any atom is 0.317 e. The van der Waals surface area contributed by atoms with E-state index in [1.807, 2.05) is 29.2 Å². The number of rotatable bonds is 5. The molecule has 2 aliphatic heterocycles. The zero-order chi connectivity index (χ0) is 18.5. The van der Waals surface area contributed by atoms with Gasteiger partial charge in [0.25, 0.3) is 0 Å². The predicted molar refractivity (Wildman–Crippen MR) is 98.3 cm³/mol. The second-order valence-electron chi connectivity index (χ2n) is 6.91. The van der Waals surface area contributed by atoms with E-state index in [0.717, 1.165) is 24.9 Å². The summed E-state index contributed by atoms with van der Waals surface area (Å²) in [5.74, 6) is 0.692. The molecule has 26 heavy (non-hydrogen) atoms. The molecule has 7 nitrogen and oxygen atoms in total. The molecule has 7 heteroatoms. The van der Waals surface area contributed by atoms with E-state index in [9.17, 15) is 14.7 Å². The third-order valence-electron chi connectivity index (χ3n) is 5.17. The van der Waals surface area contributed by atoms with Crippen molar-refractivity contribution in [3.63, 3.8) is 0 Å². The number of anilines is 1. The summed E-state index contributed by atoms with van der Waals surface area (Å²) in [5.41, 5.74) is 0.780. The van der Waals surface area contributed by atoms with E-state index in [0.29, 0.717) is 31.7 Å². The molecule has 0 radical (unpaired) electrons. The second kappa shape index (κ2) is 8.40. The van der Waals surface area contributed by atoms with Crippen LogP contribution in [0, 0.1) is 0 Å². The second-order valence-corrected chi connectivity index (χ2v) is 6.91. The van der Waals surface area contributed by atoms with E-state index in [1.54, 1.807) is 12.0 Å². The zero-order valence-electron chi connectivity index (χ0n) is 15.2. The highest BCUT2D eigenvalue weighted by Gasteiger charge is 2.34. The van der Waals surface area contributed by atoms with Gasteiger partial charge in [0.1, 0.15) is 5.75 Å². The van der Waals surface area contributed by atoms with Crippen LogP contribution in [-0.4, -0.2) is 60.8 Å². The molecule has 2 heterocycles. The lowest BCUT2D eigenvalue weighted by Crippen LogP contribution is -2.52. The first-order valence-corrected chi connectivity index (χ1v) is 9.24. The first-order chi connectivity index (χ1) is 12.6. The highest BCUT2D eigenvalue weighted by atomic mass is 16.5. The first kappa shape index (κ1) is 18.5. The predicted octanol–water partition coefficient (Wildman–Crippen LogP) is 1.75. The molecule has 1 aromatic carbocycles. The van der Waals surface area contributed by atoms with Gasteiger partial charge in [0.2, 0.25) is 5.91 Å². The SMILES string of the molecule is COc1cccc(N2C[C@H](NC(=O)N3CCCC[C@H]3CCO)CC2=O)c1. The molecule has 0 saturated carbocycles. The van der Waals surface area contributed by atoms with Crippen molar-refractivity contribution < 1.29 is 19.4 Å². The average Bonchev–Trinajstić information content (AvgIpc) is 3.02. The highest BCUT2D eigenvalue weighted by molar-refractivity contribution is 5.97. The Kier molecular flexibility index (Phi) is 5.98. The normalized spacial score (nSPS) is 23.2. The van der Waals surface area contributed by atoms with Gasteiger partial charge in [0, 0.05) is 43.9 Å². The molecule has 0 aliphatic carbocycles. The van der Waals surface area contributed by atoms with Gasteiger partial charge in [-0.2, -0.15) is 0 Å². The Labute approximate surface area is 153 Å². The molecule has 0 aromatic heterocycles. The molecule has 0 unspecified atom stereocenters. The third-order valence-corrected chi connectivity index (χ3v) is 5.17. The van der Waals surface area contributed by atoms with Crippen molar-refractivity contribution in [1.82, 2.24) is 10.2 Å². The quantitative estimate of drug-likeness (QED) is 0.837. The lowest BCUT2D eigenvalue weighted by Gasteiger charge is -2.36. The number of amides is 3. The van der Waals surface area contributed by atoms with Crippen molar-refractivity contribution in [2.45, 2.75) is 44.2 Å². The summed E-state index contributed by atoms with van der Waals surface area (Å²) in [4.78, 5) is 28.6. The summed E-state index contributed by atoms with van der Waals surface area (Å²) in [7, 11) is 1.59. The Morgan fingerprint density at radius 2 is 2.23 bits per heavy atom.